The lowest BCUT2D eigenvalue weighted by molar-refractivity contribution is -0.120. The van der Waals surface area contributed by atoms with Gasteiger partial charge in [0.25, 0.3) is 0 Å². The van der Waals surface area contributed by atoms with E-state index in [2.05, 4.69) is 5.32 Å². The van der Waals surface area contributed by atoms with Gasteiger partial charge in [0.05, 0.1) is 12.0 Å². The summed E-state index contributed by atoms with van der Waals surface area (Å²) in [6, 6.07) is 24.3. The maximum absolute atomic E-state index is 13.0. The minimum Gasteiger partial charge on any atom is -0.497 e. The van der Waals surface area contributed by atoms with Crippen molar-refractivity contribution in [2.45, 2.75) is 24.3 Å². The van der Waals surface area contributed by atoms with Gasteiger partial charge in [-0.25, -0.2) is 9.00 Å². The van der Waals surface area contributed by atoms with Gasteiger partial charge in [0, 0.05) is 21.5 Å². The predicted octanol–water partition coefficient (Wildman–Crippen LogP) is 5.82. The summed E-state index contributed by atoms with van der Waals surface area (Å²) in [6.45, 7) is 2.35. The number of urea groups is 1. The number of nitrogens with two attached hydrogens (primary N) is 1. The van der Waals surface area contributed by atoms with Crippen molar-refractivity contribution in [3.05, 3.63) is 101 Å². The Labute approximate surface area is 237 Å². The van der Waals surface area contributed by atoms with Crippen LogP contribution in [0.5, 0.6) is 5.75 Å². The number of hydrogen-bond acceptors (Lipinski definition) is 5. The third-order valence-electron chi connectivity index (χ3n) is 5.75. The van der Waals surface area contributed by atoms with Crippen LogP contribution < -0.4 is 20.7 Å². The number of ether oxygens (including phenoxy) is 1. The van der Waals surface area contributed by atoms with Crippen LogP contribution in [0.3, 0.4) is 0 Å². The predicted molar refractivity (Wildman–Crippen MR) is 161 cm³/mol. The summed E-state index contributed by atoms with van der Waals surface area (Å²) in [7, 11) is 1.59. The van der Waals surface area contributed by atoms with Gasteiger partial charge in [-0.1, -0.05) is 42.5 Å². The fourth-order valence-electron chi connectivity index (χ4n) is 3.85. The van der Waals surface area contributed by atoms with E-state index in [-0.39, 0.29) is 8.76 Å². The van der Waals surface area contributed by atoms with Crippen LogP contribution in [0.25, 0.3) is 11.1 Å². The molecule has 0 spiro atoms. The third-order valence-corrected chi connectivity index (χ3v) is 7.09. The van der Waals surface area contributed by atoms with Gasteiger partial charge in [-0.05, 0) is 76.8 Å². The summed E-state index contributed by atoms with van der Waals surface area (Å²) in [4.78, 5) is 26.4. The number of anilines is 1. The SMILES string of the molecule is CCN(C(=O)[C@H](Cc1ccccc1)NC(N)=O)c1ccc(OC)cc1.O=S(O)c1cccc(-c2ccsc2)c1.[HH].[HH]. The minimum absolute atomic E-state index is 0. The molecule has 4 aromatic rings. The molecule has 4 rings (SSSR count). The molecule has 0 aliphatic carbocycles. The zero-order valence-corrected chi connectivity index (χ0v) is 23.3. The van der Waals surface area contributed by atoms with Crippen molar-refractivity contribution in [3.8, 4) is 16.9 Å². The smallest absolute Gasteiger partial charge is 0.312 e. The van der Waals surface area contributed by atoms with Gasteiger partial charge in [-0.15, -0.1) is 0 Å². The first-order chi connectivity index (χ1) is 18.8. The van der Waals surface area contributed by atoms with Crippen molar-refractivity contribution in [1.82, 2.24) is 5.32 Å². The van der Waals surface area contributed by atoms with Crippen molar-refractivity contribution >= 4 is 40.0 Å². The summed E-state index contributed by atoms with van der Waals surface area (Å²) in [6.07, 6.45) is 0.370. The molecule has 0 saturated heterocycles. The van der Waals surface area contributed by atoms with Crippen LogP contribution in [0.15, 0.2) is 101 Å². The Balaban J connectivity index is 0.000000447. The average Bonchev–Trinajstić information content (AvgIpc) is 3.49. The Morgan fingerprint density at radius 2 is 1.77 bits per heavy atom. The van der Waals surface area contributed by atoms with E-state index in [1.165, 1.54) is 0 Å². The second kappa shape index (κ2) is 14.8. The van der Waals surface area contributed by atoms with Crippen molar-refractivity contribution in [2.24, 2.45) is 5.73 Å². The molecule has 4 N–H and O–H groups in total. The van der Waals surface area contributed by atoms with Crippen LogP contribution in [-0.2, 0) is 22.3 Å². The lowest BCUT2D eigenvalue weighted by atomic mass is 10.0. The maximum atomic E-state index is 13.0. The molecule has 3 aromatic carbocycles. The van der Waals surface area contributed by atoms with Gasteiger partial charge in [-0.2, -0.15) is 11.3 Å². The van der Waals surface area contributed by atoms with E-state index < -0.39 is 23.2 Å². The molecule has 0 aliphatic heterocycles. The normalized spacial score (nSPS) is 11.9. The van der Waals surface area contributed by atoms with E-state index in [4.69, 9.17) is 15.0 Å². The molecular weight excluding hydrogens is 534 g/mol. The first kappa shape index (κ1) is 29.6. The Kier molecular flexibility index (Phi) is 11.2. The number of rotatable bonds is 9. The average molecular weight is 570 g/mol. The van der Waals surface area contributed by atoms with Crippen LogP contribution in [0.2, 0.25) is 0 Å². The number of thiophene rings is 1. The molecule has 0 aliphatic rings. The van der Waals surface area contributed by atoms with E-state index in [1.807, 2.05) is 72.3 Å². The summed E-state index contributed by atoms with van der Waals surface area (Å²) in [5.41, 5.74) is 9.01. The highest BCUT2D eigenvalue weighted by molar-refractivity contribution is 7.79. The maximum Gasteiger partial charge on any atom is 0.312 e. The number of carbonyl (C=O) groups is 2. The Hall–Kier alpha value is -3.99. The van der Waals surface area contributed by atoms with Gasteiger partial charge in [0.2, 0.25) is 5.91 Å². The topological polar surface area (TPSA) is 122 Å². The number of carbonyl (C=O) groups excluding carboxylic acids is 2. The summed E-state index contributed by atoms with van der Waals surface area (Å²) in [5, 5.41) is 6.56. The minimum atomic E-state index is -1.90. The molecule has 1 heterocycles. The van der Waals surface area contributed by atoms with Crippen molar-refractivity contribution < 1.29 is 25.9 Å². The first-order valence-corrected chi connectivity index (χ1v) is 14.2. The highest BCUT2D eigenvalue weighted by atomic mass is 32.2. The number of methoxy groups -OCH3 is 1. The molecule has 1 unspecified atom stereocenters. The van der Waals surface area contributed by atoms with Crippen LogP contribution >= 0.6 is 11.3 Å². The number of nitrogens with zero attached hydrogens (tertiary/aromatic N) is 1. The Bertz CT molecular complexity index is 1370. The highest BCUT2D eigenvalue weighted by Gasteiger charge is 2.26. The van der Waals surface area contributed by atoms with Gasteiger partial charge < -0.3 is 25.2 Å². The third kappa shape index (κ3) is 8.78. The zero-order valence-electron chi connectivity index (χ0n) is 21.7. The fraction of sp³-hybridized carbons (Fsp3) is 0.172. The van der Waals surface area contributed by atoms with Gasteiger partial charge in [-0.3, -0.25) is 4.79 Å². The molecule has 0 radical (unpaired) electrons. The highest BCUT2D eigenvalue weighted by Crippen LogP contribution is 2.24. The van der Waals surface area contributed by atoms with E-state index in [9.17, 15) is 13.8 Å². The molecule has 2 atom stereocenters. The first-order valence-electron chi connectivity index (χ1n) is 12.1. The molecule has 208 valence electrons. The number of amides is 3. The monoisotopic (exact) mass is 569 g/mol. The lowest BCUT2D eigenvalue weighted by Crippen LogP contribution is -2.51. The van der Waals surface area contributed by atoms with E-state index in [0.717, 1.165) is 22.4 Å². The molecule has 3 amide bonds. The van der Waals surface area contributed by atoms with Crippen molar-refractivity contribution in [1.29, 1.82) is 0 Å². The van der Waals surface area contributed by atoms with Gasteiger partial charge in [0.1, 0.15) is 11.8 Å². The van der Waals surface area contributed by atoms with Crippen LogP contribution in [-0.4, -0.2) is 40.4 Å². The largest absolute Gasteiger partial charge is 0.497 e. The molecule has 39 heavy (non-hydrogen) atoms. The Morgan fingerprint density at radius 3 is 2.33 bits per heavy atom. The van der Waals surface area contributed by atoms with E-state index >= 15 is 0 Å². The molecule has 0 fully saturated rings. The molecule has 10 heteroatoms. The molecule has 0 saturated carbocycles. The molecule has 0 bridgehead atoms. The zero-order chi connectivity index (χ0) is 28.2. The summed E-state index contributed by atoms with van der Waals surface area (Å²) >= 11 is -0.287. The van der Waals surface area contributed by atoms with Crippen LogP contribution in [0, 0.1) is 0 Å². The molecule has 8 nitrogen and oxygen atoms in total. The number of likely N-dealkylation sites (N-methyl/N-ethyl adjacent to an activating group) is 1. The van der Waals surface area contributed by atoms with E-state index in [1.54, 1.807) is 53.7 Å². The quantitative estimate of drug-likeness (QED) is 0.219. The van der Waals surface area contributed by atoms with Crippen LogP contribution in [0.4, 0.5) is 10.5 Å². The van der Waals surface area contributed by atoms with E-state index in [0.29, 0.717) is 23.6 Å². The number of nitrogens with one attached hydrogen (secondary N) is 1. The van der Waals surface area contributed by atoms with Crippen molar-refractivity contribution in [2.75, 3.05) is 18.6 Å². The number of hydrogen-bond donors (Lipinski definition) is 3. The summed E-state index contributed by atoms with van der Waals surface area (Å²) in [5.74, 6) is 0.499. The standard InChI is InChI=1S/C19H23N3O3.C10H8O2S2.2H2/c1-3-22(15-9-11-16(25-2)12-10-15)18(23)17(21-19(20)24)13-14-7-5-4-6-8-14;11-14(12)10-3-1-2-8(6-10)9-4-5-13-7-9;;/h4-12,17H,3,13H2,1-2H3,(H3,20,21,24);1-7H,(H,11,12);2*1H/t17-;;;/m0.../s1. The second-order valence-corrected chi connectivity index (χ2v) is 10.1. The molecule has 1 aromatic heterocycles. The van der Waals surface area contributed by atoms with Gasteiger partial charge in [0.15, 0.2) is 11.1 Å². The van der Waals surface area contributed by atoms with Crippen molar-refractivity contribution in [3.63, 3.8) is 0 Å². The lowest BCUT2D eigenvalue weighted by Gasteiger charge is -2.27. The number of benzene rings is 3. The van der Waals surface area contributed by atoms with Gasteiger partial charge >= 0.3 is 6.03 Å². The van der Waals surface area contributed by atoms with Crippen LogP contribution in [0.1, 0.15) is 15.3 Å². The fourth-order valence-corrected chi connectivity index (χ4v) is 4.94. The summed E-state index contributed by atoms with van der Waals surface area (Å²) < 4.78 is 24.9. The Morgan fingerprint density at radius 1 is 1.05 bits per heavy atom. The number of primary amides is 1. The molecular formula is C29H35N3O5S2. The second-order valence-electron chi connectivity index (χ2n) is 8.32.